The van der Waals surface area contributed by atoms with E-state index in [1.54, 1.807) is 6.07 Å². The molecular formula is C22H32N6O. The number of anilines is 3. The highest BCUT2D eigenvalue weighted by Gasteiger charge is 2.22. The molecule has 0 saturated carbocycles. The molecule has 1 N–H and O–H groups in total. The van der Waals surface area contributed by atoms with Gasteiger partial charge in [-0.2, -0.15) is 0 Å². The molecule has 0 bridgehead atoms. The Morgan fingerprint density at radius 3 is 2.38 bits per heavy atom. The number of nitrogens with zero attached hydrogens (tertiary/aromatic N) is 5. The Kier molecular flexibility index (Phi) is 6.69. The Bertz CT molecular complexity index is 856. The van der Waals surface area contributed by atoms with E-state index in [-0.39, 0.29) is 5.91 Å². The van der Waals surface area contributed by atoms with Crippen LogP contribution in [0.4, 0.5) is 17.2 Å². The fraction of sp³-hybridized carbons (Fsp3) is 0.500. The SMILES string of the molecule is CCN(CC)c1ccc(Nc2cc(C(=O)N3CCN(C)CC3)nc(C)n2)c(C)c1. The fourth-order valence-corrected chi connectivity index (χ4v) is 3.62. The third-order valence-corrected chi connectivity index (χ3v) is 5.45. The second kappa shape index (κ2) is 9.22. The average Bonchev–Trinajstić information content (AvgIpc) is 2.70. The molecule has 1 aliphatic heterocycles. The summed E-state index contributed by atoms with van der Waals surface area (Å²) >= 11 is 0. The van der Waals surface area contributed by atoms with Crippen LogP contribution in [-0.2, 0) is 0 Å². The van der Waals surface area contributed by atoms with E-state index in [4.69, 9.17) is 0 Å². The zero-order chi connectivity index (χ0) is 21.0. The molecule has 1 aromatic heterocycles. The molecule has 0 atom stereocenters. The molecule has 1 aliphatic rings. The van der Waals surface area contributed by atoms with Crippen LogP contribution in [0.1, 0.15) is 35.7 Å². The molecule has 1 saturated heterocycles. The van der Waals surface area contributed by atoms with Crippen LogP contribution in [0.15, 0.2) is 24.3 Å². The number of carbonyl (C=O) groups excluding carboxylic acids is 1. The third-order valence-electron chi connectivity index (χ3n) is 5.45. The number of aromatic nitrogens is 2. The van der Waals surface area contributed by atoms with Crippen LogP contribution in [-0.4, -0.2) is 72.0 Å². The van der Waals surface area contributed by atoms with Crippen LogP contribution in [0.2, 0.25) is 0 Å². The fourth-order valence-electron chi connectivity index (χ4n) is 3.62. The molecule has 1 amide bonds. The Hall–Kier alpha value is -2.67. The first-order valence-electron chi connectivity index (χ1n) is 10.4. The molecule has 7 nitrogen and oxygen atoms in total. The van der Waals surface area contributed by atoms with E-state index in [2.05, 4.69) is 71.1 Å². The highest BCUT2D eigenvalue weighted by Crippen LogP contribution is 2.25. The molecule has 1 aromatic carbocycles. The minimum Gasteiger partial charge on any atom is -0.372 e. The quantitative estimate of drug-likeness (QED) is 0.810. The standard InChI is InChI=1S/C22H32N6O/c1-6-27(7-2)18-8-9-19(16(3)14-18)25-21-15-20(23-17(4)24-21)22(29)28-12-10-26(5)11-13-28/h8-9,14-15H,6-7,10-13H2,1-5H3,(H,23,24,25). The Balaban J connectivity index is 1.79. The van der Waals surface area contributed by atoms with E-state index in [0.717, 1.165) is 50.5 Å². The highest BCUT2D eigenvalue weighted by atomic mass is 16.2. The lowest BCUT2D eigenvalue weighted by atomic mass is 10.1. The lowest BCUT2D eigenvalue weighted by molar-refractivity contribution is 0.0658. The van der Waals surface area contributed by atoms with Crippen molar-refractivity contribution < 1.29 is 4.79 Å². The van der Waals surface area contributed by atoms with Gasteiger partial charge in [-0.1, -0.05) is 0 Å². The number of amides is 1. The van der Waals surface area contributed by atoms with Crippen molar-refractivity contribution in [3.05, 3.63) is 41.3 Å². The summed E-state index contributed by atoms with van der Waals surface area (Å²) in [6.45, 7) is 13.4. The Morgan fingerprint density at radius 1 is 1.07 bits per heavy atom. The molecule has 2 heterocycles. The molecule has 3 rings (SSSR count). The molecule has 156 valence electrons. The Morgan fingerprint density at radius 2 is 1.76 bits per heavy atom. The van der Waals surface area contributed by atoms with E-state index in [1.165, 1.54) is 5.69 Å². The van der Waals surface area contributed by atoms with Crippen molar-refractivity contribution in [2.45, 2.75) is 27.7 Å². The van der Waals surface area contributed by atoms with E-state index in [0.29, 0.717) is 17.3 Å². The number of hydrogen-bond acceptors (Lipinski definition) is 6. The first-order chi connectivity index (χ1) is 13.9. The molecule has 0 spiro atoms. The van der Waals surface area contributed by atoms with Crippen molar-refractivity contribution in [1.82, 2.24) is 19.8 Å². The number of piperazine rings is 1. The maximum atomic E-state index is 12.9. The molecule has 0 aliphatic carbocycles. The van der Waals surface area contributed by atoms with Gasteiger partial charge in [-0.25, -0.2) is 9.97 Å². The van der Waals surface area contributed by atoms with Crippen LogP contribution in [0, 0.1) is 13.8 Å². The van der Waals surface area contributed by atoms with Crippen molar-refractivity contribution >= 4 is 23.1 Å². The van der Waals surface area contributed by atoms with Gasteiger partial charge in [-0.3, -0.25) is 4.79 Å². The van der Waals surface area contributed by atoms with Gasteiger partial charge >= 0.3 is 0 Å². The topological polar surface area (TPSA) is 64.6 Å². The van der Waals surface area contributed by atoms with E-state index in [1.807, 2.05) is 11.8 Å². The number of carbonyl (C=O) groups is 1. The molecule has 1 fully saturated rings. The van der Waals surface area contributed by atoms with Gasteiger partial charge in [0, 0.05) is 56.7 Å². The lowest BCUT2D eigenvalue weighted by Crippen LogP contribution is -2.47. The third kappa shape index (κ3) is 5.03. The maximum Gasteiger partial charge on any atom is 0.272 e. The van der Waals surface area contributed by atoms with Crippen molar-refractivity contribution in [3.63, 3.8) is 0 Å². The van der Waals surface area contributed by atoms with Crippen molar-refractivity contribution in [2.75, 3.05) is 56.5 Å². The zero-order valence-electron chi connectivity index (χ0n) is 18.2. The summed E-state index contributed by atoms with van der Waals surface area (Å²) in [7, 11) is 2.08. The van der Waals surface area contributed by atoms with E-state index >= 15 is 0 Å². The van der Waals surface area contributed by atoms with Gasteiger partial charge in [-0.15, -0.1) is 0 Å². The summed E-state index contributed by atoms with van der Waals surface area (Å²) in [6, 6.07) is 8.13. The van der Waals surface area contributed by atoms with Gasteiger partial charge in [0.25, 0.3) is 5.91 Å². The van der Waals surface area contributed by atoms with Crippen LogP contribution in [0.5, 0.6) is 0 Å². The highest BCUT2D eigenvalue weighted by molar-refractivity contribution is 5.93. The normalized spacial score (nSPS) is 14.7. The smallest absolute Gasteiger partial charge is 0.272 e. The van der Waals surface area contributed by atoms with Gasteiger partial charge in [0.1, 0.15) is 17.3 Å². The number of nitrogens with one attached hydrogen (secondary N) is 1. The molecule has 29 heavy (non-hydrogen) atoms. The van der Waals surface area contributed by atoms with Gasteiger partial charge in [0.2, 0.25) is 0 Å². The van der Waals surface area contributed by atoms with Gasteiger partial charge in [-0.05, 0) is 58.5 Å². The molecular weight excluding hydrogens is 364 g/mol. The number of aryl methyl sites for hydroxylation is 2. The summed E-state index contributed by atoms with van der Waals surface area (Å²) in [4.78, 5) is 28.2. The monoisotopic (exact) mass is 396 g/mol. The van der Waals surface area contributed by atoms with Crippen LogP contribution in [0.25, 0.3) is 0 Å². The maximum absolute atomic E-state index is 12.9. The summed E-state index contributed by atoms with van der Waals surface area (Å²) in [6.07, 6.45) is 0. The van der Waals surface area contributed by atoms with Gasteiger partial charge in [0.15, 0.2) is 0 Å². The minimum absolute atomic E-state index is 0.0275. The number of likely N-dealkylation sites (N-methyl/N-ethyl adjacent to an activating group) is 1. The molecule has 7 heteroatoms. The number of benzene rings is 1. The summed E-state index contributed by atoms with van der Waals surface area (Å²) in [5.41, 5.74) is 3.78. The summed E-state index contributed by atoms with van der Waals surface area (Å²) in [5, 5.41) is 3.37. The van der Waals surface area contributed by atoms with E-state index in [9.17, 15) is 4.79 Å². The predicted octanol–water partition coefficient (Wildman–Crippen LogP) is 3.07. The molecule has 2 aromatic rings. The molecule has 0 radical (unpaired) electrons. The number of rotatable bonds is 6. The minimum atomic E-state index is -0.0275. The second-order valence-electron chi connectivity index (χ2n) is 7.58. The van der Waals surface area contributed by atoms with Gasteiger partial charge < -0.3 is 20.0 Å². The Labute approximate surface area is 173 Å². The first kappa shape index (κ1) is 21.0. The number of hydrogen-bond donors (Lipinski definition) is 1. The van der Waals surface area contributed by atoms with Crippen molar-refractivity contribution in [3.8, 4) is 0 Å². The summed E-state index contributed by atoms with van der Waals surface area (Å²) in [5.74, 6) is 1.21. The lowest BCUT2D eigenvalue weighted by Gasteiger charge is -2.32. The van der Waals surface area contributed by atoms with Crippen LogP contribution in [0.3, 0.4) is 0 Å². The largest absolute Gasteiger partial charge is 0.372 e. The van der Waals surface area contributed by atoms with Crippen molar-refractivity contribution in [2.24, 2.45) is 0 Å². The zero-order valence-corrected chi connectivity index (χ0v) is 18.2. The van der Waals surface area contributed by atoms with Crippen LogP contribution < -0.4 is 10.2 Å². The van der Waals surface area contributed by atoms with E-state index < -0.39 is 0 Å². The van der Waals surface area contributed by atoms with Gasteiger partial charge in [0.05, 0.1) is 0 Å². The molecule has 0 unspecified atom stereocenters. The average molecular weight is 397 g/mol. The second-order valence-corrected chi connectivity index (χ2v) is 7.58. The first-order valence-corrected chi connectivity index (χ1v) is 10.4. The summed E-state index contributed by atoms with van der Waals surface area (Å²) < 4.78 is 0. The van der Waals surface area contributed by atoms with Crippen molar-refractivity contribution in [1.29, 1.82) is 0 Å². The predicted molar refractivity (Wildman–Crippen MR) is 118 cm³/mol. The van der Waals surface area contributed by atoms with Crippen LogP contribution >= 0.6 is 0 Å².